The van der Waals surface area contributed by atoms with Gasteiger partial charge in [-0.3, -0.25) is 4.79 Å². The molecule has 0 aromatic heterocycles. The summed E-state index contributed by atoms with van der Waals surface area (Å²) >= 11 is 0. The van der Waals surface area contributed by atoms with Gasteiger partial charge in [0, 0.05) is 0 Å². The van der Waals surface area contributed by atoms with Crippen LogP contribution in [0.1, 0.15) is 12.8 Å². The van der Waals surface area contributed by atoms with Crippen molar-refractivity contribution in [3.63, 3.8) is 0 Å². The van der Waals surface area contributed by atoms with Gasteiger partial charge < -0.3 is 19.9 Å². The summed E-state index contributed by atoms with van der Waals surface area (Å²) in [5.74, 6) is -2.32. The fourth-order valence-corrected chi connectivity index (χ4v) is 1.73. The molecule has 1 fully saturated rings. The van der Waals surface area contributed by atoms with E-state index in [0.29, 0.717) is 13.0 Å². The first-order valence-corrected chi connectivity index (χ1v) is 4.36. The molecule has 1 rings (SSSR count). The van der Waals surface area contributed by atoms with Crippen LogP contribution >= 0.6 is 0 Å². The molecule has 0 bridgehead atoms. The highest BCUT2D eigenvalue weighted by molar-refractivity contribution is 5.70. The maximum atomic E-state index is 10.6. The first-order chi connectivity index (χ1) is 6.09. The highest BCUT2D eigenvalue weighted by Crippen LogP contribution is 2.06. The molecule has 1 aliphatic heterocycles. The molecule has 0 radical (unpaired) electrons. The van der Waals surface area contributed by atoms with E-state index in [1.807, 2.05) is 0 Å². The average Bonchev–Trinajstić information content (AvgIpc) is 2.03. The Hall–Kier alpha value is -1.10. The van der Waals surface area contributed by atoms with E-state index in [0.717, 1.165) is 17.9 Å². The number of carboxylic acid groups (broad SMARTS) is 2. The van der Waals surface area contributed by atoms with Crippen LogP contribution in [0.15, 0.2) is 0 Å². The summed E-state index contributed by atoms with van der Waals surface area (Å²) in [7, 11) is 0. The average molecular weight is 187 g/mol. The van der Waals surface area contributed by atoms with Crippen molar-refractivity contribution in [2.45, 2.75) is 12.8 Å². The van der Waals surface area contributed by atoms with Gasteiger partial charge in [0.1, 0.15) is 12.5 Å². The monoisotopic (exact) mass is 187 g/mol. The number of likely N-dealkylation sites (tertiary alicyclic amines) is 1. The lowest BCUT2D eigenvalue weighted by atomic mass is 9.98. The van der Waals surface area contributed by atoms with Gasteiger partial charge in [0.2, 0.25) is 0 Å². The molecule has 0 aliphatic carbocycles. The molecule has 13 heavy (non-hydrogen) atoms. The first kappa shape index (κ1) is 9.98. The zero-order valence-electron chi connectivity index (χ0n) is 7.28. The van der Waals surface area contributed by atoms with Gasteiger partial charge in [0.25, 0.3) is 0 Å². The lowest BCUT2D eigenvalue weighted by Gasteiger charge is -2.27. The fraction of sp³-hybridized carbons (Fsp3) is 0.750. The summed E-state index contributed by atoms with van der Waals surface area (Å²) in [6.45, 7) is 1.06. The minimum absolute atomic E-state index is 0.0796. The van der Waals surface area contributed by atoms with Gasteiger partial charge in [-0.15, -0.1) is 0 Å². The molecule has 5 nitrogen and oxygen atoms in total. The fourth-order valence-electron chi connectivity index (χ4n) is 1.73. The molecule has 2 atom stereocenters. The molecule has 0 saturated carbocycles. The minimum atomic E-state index is -1.11. The molecular formula is C8H13NO4. The SMILES string of the molecule is O=C([O-])C[NH+]1CCCC(C(=O)O)C1. The van der Waals surface area contributed by atoms with E-state index >= 15 is 0 Å². The van der Waals surface area contributed by atoms with Gasteiger partial charge >= 0.3 is 5.97 Å². The van der Waals surface area contributed by atoms with Crippen LogP contribution in [-0.4, -0.2) is 36.7 Å². The van der Waals surface area contributed by atoms with Crippen LogP contribution in [0.25, 0.3) is 0 Å². The highest BCUT2D eigenvalue weighted by atomic mass is 16.4. The van der Waals surface area contributed by atoms with Crippen LogP contribution < -0.4 is 10.0 Å². The number of hydrogen-bond donors (Lipinski definition) is 2. The van der Waals surface area contributed by atoms with Crippen LogP contribution in [0.2, 0.25) is 0 Å². The second kappa shape index (κ2) is 4.23. The summed E-state index contributed by atoms with van der Waals surface area (Å²) in [6, 6.07) is 0. The predicted octanol–water partition coefficient (Wildman–Crippen LogP) is -2.88. The third kappa shape index (κ3) is 3.02. The van der Waals surface area contributed by atoms with Gasteiger partial charge in [0.05, 0.1) is 19.1 Å². The Morgan fingerprint density at radius 1 is 1.54 bits per heavy atom. The van der Waals surface area contributed by atoms with Crippen molar-refractivity contribution in [3.05, 3.63) is 0 Å². The standard InChI is InChI=1S/C8H13NO4/c10-7(11)5-9-3-1-2-6(4-9)8(12)13/h6H,1-5H2,(H,10,11)(H,12,13). The van der Waals surface area contributed by atoms with Gasteiger partial charge in [-0.25, -0.2) is 0 Å². The number of aliphatic carboxylic acids is 2. The van der Waals surface area contributed by atoms with Crippen LogP contribution in [0.3, 0.4) is 0 Å². The molecule has 0 aromatic rings. The number of rotatable bonds is 3. The minimum Gasteiger partial charge on any atom is -0.544 e. The molecule has 1 saturated heterocycles. The smallest absolute Gasteiger partial charge is 0.312 e. The lowest BCUT2D eigenvalue weighted by Crippen LogP contribution is -3.15. The molecule has 0 amide bonds. The second-order valence-electron chi connectivity index (χ2n) is 3.43. The van der Waals surface area contributed by atoms with Gasteiger partial charge in [0.15, 0.2) is 0 Å². The molecular weight excluding hydrogens is 174 g/mol. The van der Waals surface area contributed by atoms with Crippen molar-refractivity contribution < 1.29 is 24.7 Å². The van der Waals surface area contributed by atoms with E-state index in [9.17, 15) is 14.7 Å². The number of piperidine rings is 1. The number of carboxylic acids is 2. The van der Waals surface area contributed by atoms with Crippen molar-refractivity contribution in [1.82, 2.24) is 0 Å². The molecule has 5 heteroatoms. The summed E-state index contributed by atoms with van der Waals surface area (Å²) in [5.41, 5.74) is 0. The summed E-state index contributed by atoms with van der Waals surface area (Å²) < 4.78 is 0. The van der Waals surface area contributed by atoms with E-state index in [-0.39, 0.29) is 12.5 Å². The summed E-state index contributed by atoms with van der Waals surface area (Å²) in [5, 5.41) is 19.0. The van der Waals surface area contributed by atoms with Crippen molar-refractivity contribution in [1.29, 1.82) is 0 Å². The Kier molecular flexibility index (Phi) is 3.25. The number of nitrogens with one attached hydrogen (secondary N) is 1. The Morgan fingerprint density at radius 3 is 2.77 bits per heavy atom. The first-order valence-electron chi connectivity index (χ1n) is 4.36. The van der Waals surface area contributed by atoms with Gasteiger partial charge in [-0.2, -0.15) is 0 Å². The number of quaternary nitrogens is 1. The van der Waals surface area contributed by atoms with E-state index in [4.69, 9.17) is 5.11 Å². The normalized spacial score (nSPS) is 28.3. The quantitative estimate of drug-likeness (QED) is 0.497. The Labute approximate surface area is 76.0 Å². The zero-order chi connectivity index (χ0) is 9.84. The van der Waals surface area contributed by atoms with E-state index in [1.54, 1.807) is 0 Å². The highest BCUT2D eigenvalue weighted by Gasteiger charge is 2.27. The molecule has 0 spiro atoms. The number of carbonyl (C=O) groups excluding carboxylic acids is 1. The summed E-state index contributed by atoms with van der Waals surface area (Å²) in [4.78, 5) is 21.7. The molecule has 1 aliphatic rings. The maximum absolute atomic E-state index is 10.6. The lowest BCUT2D eigenvalue weighted by molar-refractivity contribution is -0.901. The number of carbonyl (C=O) groups is 2. The van der Waals surface area contributed by atoms with Crippen molar-refractivity contribution in [2.75, 3.05) is 19.6 Å². The largest absolute Gasteiger partial charge is 0.544 e. The summed E-state index contributed by atoms with van der Waals surface area (Å²) in [6.07, 6.45) is 1.44. The molecule has 1 heterocycles. The van der Waals surface area contributed by atoms with E-state index < -0.39 is 11.9 Å². The van der Waals surface area contributed by atoms with Crippen molar-refractivity contribution in [3.8, 4) is 0 Å². The predicted molar refractivity (Wildman–Crippen MR) is 40.9 cm³/mol. The molecule has 0 aromatic carbocycles. The van der Waals surface area contributed by atoms with Crippen molar-refractivity contribution >= 4 is 11.9 Å². The van der Waals surface area contributed by atoms with E-state index in [2.05, 4.69) is 0 Å². The maximum Gasteiger partial charge on any atom is 0.312 e. The van der Waals surface area contributed by atoms with Gasteiger partial charge in [-0.1, -0.05) is 0 Å². The topological polar surface area (TPSA) is 81.9 Å². The zero-order valence-corrected chi connectivity index (χ0v) is 7.28. The van der Waals surface area contributed by atoms with Crippen molar-refractivity contribution in [2.24, 2.45) is 5.92 Å². The Morgan fingerprint density at radius 2 is 2.23 bits per heavy atom. The second-order valence-corrected chi connectivity index (χ2v) is 3.43. The van der Waals surface area contributed by atoms with E-state index in [1.165, 1.54) is 0 Å². The number of hydrogen-bond acceptors (Lipinski definition) is 3. The van der Waals surface area contributed by atoms with Gasteiger partial charge in [-0.05, 0) is 12.8 Å². The Bertz CT molecular complexity index is 216. The van der Waals surface area contributed by atoms with Crippen LogP contribution in [-0.2, 0) is 9.59 Å². The van der Waals surface area contributed by atoms with Crippen LogP contribution in [0.5, 0.6) is 0 Å². The molecule has 74 valence electrons. The molecule has 2 unspecified atom stereocenters. The third-order valence-corrected chi connectivity index (χ3v) is 2.36. The van der Waals surface area contributed by atoms with Crippen LogP contribution in [0.4, 0.5) is 0 Å². The molecule has 2 N–H and O–H groups in total. The Balaban J connectivity index is 2.41. The van der Waals surface area contributed by atoms with Crippen LogP contribution in [0, 0.1) is 5.92 Å². The third-order valence-electron chi connectivity index (χ3n) is 2.36.